The number of likely N-dealkylation sites (tertiary alicyclic amines) is 1. The van der Waals surface area contributed by atoms with Gasteiger partial charge >= 0.3 is 0 Å². The highest BCUT2D eigenvalue weighted by Crippen LogP contribution is 2.32. The third-order valence-electron chi connectivity index (χ3n) is 6.70. The zero-order chi connectivity index (χ0) is 23.4. The summed E-state index contributed by atoms with van der Waals surface area (Å²) in [6, 6.07) is 9.00. The summed E-state index contributed by atoms with van der Waals surface area (Å²) in [6.45, 7) is 6.92. The molecule has 0 aliphatic carbocycles. The molecule has 7 nitrogen and oxygen atoms in total. The first-order valence-corrected chi connectivity index (χ1v) is 11.5. The van der Waals surface area contributed by atoms with E-state index in [0.29, 0.717) is 11.3 Å². The van der Waals surface area contributed by atoms with Crippen molar-refractivity contribution in [1.82, 2.24) is 30.0 Å². The molecule has 0 radical (unpaired) electrons. The van der Waals surface area contributed by atoms with Crippen molar-refractivity contribution in [2.24, 2.45) is 5.92 Å². The van der Waals surface area contributed by atoms with E-state index in [9.17, 15) is 8.78 Å². The monoisotopic (exact) mass is 464 g/mol. The number of hydrogen-bond acceptors (Lipinski definition) is 5. The molecule has 1 atom stereocenters. The van der Waals surface area contributed by atoms with E-state index in [4.69, 9.17) is 9.72 Å². The van der Waals surface area contributed by atoms with Gasteiger partial charge in [-0.1, -0.05) is 0 Å². The Labute approximate surface area is 195 Å². The molecule has 34 heavy (non-hydrogen) atoms. The van der Waals surface area contributed by atoms with Crippen molar-refractivity contribution < 1.29 is 13.5 Å². The average molecular weight is 465 g/mol. The van der Waals surface area contributed by atoms with Gasteiger partial charge in [0.15, 0.2) is 5.82 Å². The van der Waals surface area contributed by atoms with E-state index in [2.05, 4.69) is 32.0 Å². The average Bonchev–Trinajstić information content (AvgIpc) is 3.44. The number of rotatable bonds is 6. The van der Waals surface area contributed by atoms with Gasteiger partial charge in [0.05, 0.1) is 16.9 Å². The Morgan fingerprint density at radius 3 is 2.65 bits per heavy atom. The molecule has 4 heterocycles. The van der Waals surface area contributed by atoms with Crippen LogP contribution in [0.1, 0.15) is 30.0 Å². The summed E-state index contributed by atoms with van der Waals surface area (Å²) in [4.78, 5) is 13.1. The third-order valence-corrected chi connectivity index (χ3v) is 6.70. The zero-order valence-electron chi connectivity index (χ0n) is 19.1. The predicted octanol–water partition coefficient (Wildman–Crippen LogP) is 4.25. The van der Waals surface area contributed by atoms with Gasteiger partial charge in [0.25, 0.3) is 0 Å². The van der Waals surface area contributed by atoms with Crippen LogP contribution in [0.2, 0.25) is 0 Å². The molecule has 0 saturated carbocycles. The summed E-state index contributed by atoms with van der Waals surface area (Å²) < 4.78 is 33.2. The minimum atomic E-state index is -0.623. The van der Waals surface area contributed by atoms with E-state index in [-0.39, 0.29) is 0 Å². The number of H-pyrrole nitrogens is 2. The molecule has 0 amide bonds. The van der Waals surface area contributed by atoms with Crippen LogP contribution >= 0.6 is 0 Å². The largest absolute Gasteiger partial charge is 0.486 e. The van der Waals surface area contributed by atoms with Crippen LogP contribution in [0.4, 0.5) is 8.78 Å². The fourth-order valence-electron chi connectivity index (χ4n) is 5.08. The van der Waals surface area contributed by atoms with Crippen LogP contribution in [0.15, 0.2) is 36.4 Å². The number of nitrogens with one attached hydrogen (secondary N) is 2. The first-order chi connectivity index (χ1) is 16.4. The van der Waals surface area contributed by atoms with Gasteiger partial charge in [-0.2, -0.15) is 5.10 Å². The summed E-state index contributed by atoms with van der Waals surface area (Å²) in [5.41, 5.74) is 4.25. The fourth-order valence-corrected chi connectivity index (χ4v) is 5.08. The van der Waals surface area contributed by atoms with Crippen molar-refractivity contribution in [1.29, 1.82) is 0 Å². The van der Waals surface area contributed by atoms with Crippen LogP contribution < -0.4 is 4.74 Å². The Hall–Kier alpha value is -3.30. The standard InChI is InChI=1S/C25H26F2N6O/c1-14(16-5-17(26)7-18(27)6-16)34-19-3-4-21-20(8-19)24(31-30-21)25-28-22-12-33(13-23(22)29-25)11-15-9-32(2)10-15/h3-8,14-15H,9-13H2,1-2H3,(H,28,29)(H,30,31). The number of imidazole rings is 1. The van der Waals surface area contributed by atoms with Crippen molar-refractivity contribution in [3.05, 3.63) is 65.0 Å². The highest BCUT2D eigenvalue weighted by atomic mass is 19.1. The van der Waals surface area contributed by atoms with Crippen LogP contribution in [-0.4, -0.2) is 56.6 Å². The van der Waals surface area contributed by atoms with Crippen LogP contribution in [-0.2, 0) is 13.1 Å². The van der Waals surface area contributed by atoms with E-state index >= 15 is 0 Å². The van der Waals surface area contributed by atoms with Crippen LogP contribution in [0.3, 0.4) is 0 Å². The summed E-state index contributed by atoms with van der Waals surface area (Å²) in [7, 11) is 2.16. The first-order valence-electron chi connectivity index (χ1n) is 11.5. The van der Waals surface area contributed by atoms with E-state index in [1.165, 1.54) is 25.2 Å². The number of nitrogens with zero attached hydrogens (tertiary/aromatic N) is 4. The lowest BCUT2D eigenvalue weighted by Crippen LogP contribution is -2.48. The molecule has 9 heteroatoms. The van der Waals surface area contributed by atoms with Crippen molar-refractivity contribution in [3.63, 3.8) is 0 Å². The molecular formula is C25H26F2N6O. The summed E-state index contributed by atoms with van der Waals surface area (Å²) >= 11 is 0. The van der Waals surface area contributed by atoms with E-state index < -0.39 is 17.7 Å². The molecule has 4 aromatic rings. The van der Waals surface area contributed by atoms with Crippen LogP contribution in [0.5, 0.6) is 5.75 Å². The molecule has 0 bridgehead atoms. The van der Waals surface area contributed by atoms with Crippen LogP contribution in [0, 0.1) is 17.6 Å². The Kier molecular flexibility index (Phi) is 5.11. The predicted molar refractivity (Wildman–Crippen MR) is 124 cm³/mol. The van der Waals surface area contributed by atoms with Gasteiger partial charge in [0.1, 0.15) is 29.2 Å². The van der Waals surface area contributed by atoms with Gasteiger partial charge in [0, 0.05) is 44.2 Å². The van der Waals surface area contributed by atoms with Gasteiger partial charge in [-0.25, -0.2) is 13.8 Å². The number of hydrogen-bond donors (Lipinski definition) is 2. The zero-order valence-corrected chi connectivity index (χ0v) is 19.1. The summed E-state index contributed by atoms with van der Waals surface area (Å²) in [5, 5.41) is 8.41. The molecule has 2 aromatic heterocycles. The second-order valence-electron chi connectivity index (χ2n) is 9.51. The Morgan fingerprint density at radius 2 is 1.91 bits per heavy atom. The summed E-state index contributed by atoms with van der Waals surface area (Å²) in [6.07, 6.45) is -0.521. The van der Waals surface area contributed by atoms with Gasteiger partial charge in [-0.15, -0.1) is 0 Å². The van der Waals surface area contributed by atoms with Gasteiger partial charge in [-0.3, -0.25) is 10.00 Å². The lowest BCUT2D eigenvalue weighted by atomic mass is 10.0. The minimum Gasteiger partial charge on any atom is -0.486 e. The Balaban J connectivity index is 1.20. The maximum Gasteiger partial charge on any atom is 0.159 e. The molecule has 2 N–H and O–H groups in total. The van der Waals surface area contributed by atoms with Gasteiger partial charge in [0.2, 0.25) is 0 Å². The molecule has 176 valence electrons. The lowest BCUT2D eigenvalue weighted by Gasteiger charge is -2.38. The number of aromatic amines is 2. The first kappa shape index (κ1) is 21.2. The van der Waals surface area contributed by atoms with Crippen molar-refractivity contribution in [3.8, 4) is 17.3 Å². The fraction of sp³-hybridized carbons (Fsp3) is 0.360. The number of halogens is 2. The maximum absolute atomic E-state index is 13.6. The van der Waals surface area contributed by atoms with Crippen molar-refractivity contribution in [2.75, 3.05) is 26.7 Å². The Bertz CT molecular complexity index is 1320. The number of ether oxygens (including phenoxy) is 1. The second-order valence-corrected chi connectivity index (χ2v) is 9.51. The van der Waals surface area contributed by atoms with E-state index in [1.807, 2.05) is 18.2 Å². The molecule has 1 saturated heterocycles. The maximum atomic E-state index is 13.6. The molecule has 0 spiro atoms. The topological polar surface area (TPSA) is 73.1 Å². The quantitative estimate of drug-likeness (QED) is 0.446. The molecule has 2 aliphatic rings. The Morgan fingerprint density at radius 1 is 1.12 bits per heavy atom. The van der Waals surface area contributed by atoms with Crippen LogP contribution in [0.25, 0.3) is 22.4 Å². The number of fused-ring (bicyclic) bond motifs is 2. The number of benzene rings is 2. The normalized spacial score (nSPS) is 17.8. The second kappa shape index (κ2) is 8.18. The highest BCUT2D eigenvalue weighted by Gasteiger charge is 2.30. The lowest BCUT2D eigenvalue weighted by molar-refractivity contribution is 0.0892. The SMILES string of the molecule is CC(Oc1ccc2[nH]nc(-c3nc4c([nH]3)CN(CC3CN(C)C3)C4)c2c1)c1cc(F)cc(F)c1. The number of aromatic nitrogens is 4. The molecule has 2 aromatic carbocycles. The van der Waals surface area contributed by atoms with Gasteiger partial charge < -0.3 is 14.6 Å². The third kappa shape index (κ3) is 3.95. The highest BCUT2D eigenvalue weighted by molar-refractivity contribution is 5.92. The minimum absolute atomic E-state index is 0.436. The molecule has 2 aliphatic heterocycles. The smallest absolute Gasteiger partial charge is 0.159 e. The molecular weight excluding hydrogens is 438 g/mol. The summed E-state index contributed by atoms with van der Waals surface area (Å²) in [5.74, 6) is 0.818. The van der Waals surface area contributed by atoms with Crippen molar-refractivity contribution >= 4 is 10.9 Å². The van der Waals surface area contributed by atoms with Gasteiger partial charge in [-0.05, 0) is 55.8 Å². The van der Waals surface area contributed by atoms with E-state index in [0.717, 1.165) is 65.4 Å². The molecule has 1 unspecified atom stereocenters. The molecule has 6 rings (SSSR count). The van der Waals surface area contributed by atoms with E-state index in [1.54, 1.807) is 6.92 Å². The van der Waals surface area contributed by atoms with Crippen molar-refractivity contribution in [2.45, 2.75) is 26.1 Å². The molecule has 1 fully saturated rings.